The molecule has 0 aliphatic heterocycles. The number of nitrogens with one attached hydrogen (secondary N) is 1. The molecule has 1 aromatic carbocycles. The molecule has 22 heavy (non-hydrogen) atoms. The fourth-order valence-corrected chi connectivity index (χ4v) is 2.43. The van der Waals surface area contributed by atoms with Crippen molar-refractivity contribution < 1.29 is 14.8 Å². The second kappa shape index (κ2) is 5.44. The molecule has 1 amide bonds. The second-order valence-electron chi connectivity index (χ2n) is 5.18. The van der Waals surface area contributed by atoms with Crippen LogP contribution in [0.25, 0.3) is 0 Å². The lowest BCUT2D eigenvalue weighted by Gasteiger charge is -2.05. The molecule has 0 saturated heterocycles. The number of aromatic nitrogens is 1. The molecular weight excluding hydrogens is 286 g/mol. The molecule has 1 aliphatic carbocycles. The molecule has 1 heterocycles. The Labute approximate surface area is 125 Å². The first kappa shape index (κ1) is 14.0. The van der Waals surface area contributed by atoms with Gasteiger partial charge in [0.25, 0.3) is 0 Å². The van der Waals surface area contributed by atoms with Crippen LogP contribution in [0.3, 0.4) is 0 Å². The number of phenolic OH excluding ortho intramolecular Hbond substituents is 1. The van der Waals surface area contributed by atoms with Crippen molar-refractivity contribution in [3.8, 4) is 5.75 Å². The van der Waals surface area contributed by atoms with Gasteiger partial charge in [0.1, 0.15) is 0 Å². The monoisotopic (exact) mass is 299 g/mol. The number of hydrogen-bond donors (Lipinski definition) is 2. The SMILES string of the molecule is O=C(Nc1ccc(O)c([N+](=O)[O-])c1)[C@@H]1C[C@@H]1c1cccnc1. The maximum absolute atomic E-state index is 12.2. The lowest BCUT2D eigenvalue weighted by atomic mass is 10.1. The third-order valence-electron chi connectivity index (χ3n) is 3.68. The lowest BCUT2D eigenvalue weighted by Crippen LogP contribution is -2.14. The van der Waals surface area contributed by atoms with E-state index in [4.69, 9.17) is 0 Å². The zero-order valence-corrected chi connectivity index (χ0v) is 11.5. The summed E-state index contributed by atoms with van der Waals surface area (Å²) in [6.45, 7) is 0. The smallest absolute Gasteiger partial charge is 0.312 e. The number of nitrogens with zero attached hydrogens (tertiary/aromatic N) is 2. The molecule has 2 aromatic rings. The van der Waals surface area contributed by atoms with Crippen LogP contribution in [0.1, 0.15) is 17.9 Å². The Bertz CT molecular complexity index is 733. The first-order valence-electron chi connectivity index (χ1n) is 6.74. The summed E-state index contributed by atoms with van der Waals surface area (Å²) in [6.07, 6.45) is 4.15. The molecule has 1 aromatic heterocycles. The van der Waals surface area contributed by atoms with E-state index in [1.165, 1.54) is 12.1 Å². The number of benzene rings is 1. The molecule has 0 bridgehead atoms. The highest BCUT2D eigenvalue weighted by Gasteiger charge is 2.44. The topological polar surface area (TPSA) is 105 Å². The first-order chi connectivity index (χ1) is 10.6. The number of pyridine rings is 1. The molecule has 7 heteroatoms. The zero-order valence-electron chi connectivity index (χ0n) is 11.5. The molecule has 7 nitrogen and oxygen atoms in total. The summed E-state index contributed by atoms with van der Waals surface area (Å²) in [5.41, 5.74) is 0.878. The molecule has 3 rings (SSSR count). The Hall–Kier alpha value is -2.96. The van der Waals surface area contributed by atoms with Crippen molar-refractivity contribution in [2.75, 3.05) is 5.32 Å². The molecule has 0 unspecified atom stereocenters. The summed E-state index contributed by atoms with van der Waals surface area (Å²) in [5.74, 6) is -0.630. The van der Waals surface area contributed by atoms with Crippen molar-refractivity contribution in [3.63, 3.8) is 0 Å². The van der Waals surface area contributed by atoms with E-state index >= 15 is 0 Å². The highest BCUT2D eigenvalue weighted by Crippen LogP contribution is 2.47. The van der Waals surface area contributed by atoms with E-state index in [0.717, 1.165) is 18.1 Å². The largest absolute Gasteiger partial charge is 0.502 e. The molecule has 1 aliphatic rings. The predicted molar refractivity (Wildman–Crippen MR) is 78.5 cm³/mol. The number of nitro groups is 1. The van der Waals surface area contributed by atoms with E-state index in [1.807, 2.05) is 12.1 Å². The van der Waals surface area contributed by atoms with Crippen molar-refractivity contribution >= 4 is 17.3 Å². The van der Waals surface area contributed by atoms with Crippen molar-refractivity contribution in [1.82, 2.24) is 4.98 Å². The van der Waals surface area contributed by atoms with Crippen LogP contribution in [0.5, 0.6) is 5.75 Å². The number of amides is 1. The zero-order chi connectivity index (χ0) is 15.7. The molecule has 1 saturated carbocycles. The minimum atomic E-state index is -0.694. The van der Waals surface area contributed by atoms with Crippen molar-refractivity contribution in [3.05, 3.63) is 58.4 Å². The van der Waals surface area contributed by atoms with Crippen molar-refractivity contribution in [2.45, 2.75) is 12.3 Å². The van der Waals surface area contributed by atoms with E-state index in [0.29, 0.717) is 5.69 Å². The number of nitro benzene ring substituents is 1. The van der Waals surface area contributed by atoms with Gasteiger partial charge in [-0.05, 0) is 36.1 Å². The normalized spacial score (nSPS) is 19.5. The summed E-state index contributed by atoms with van der Waals surface area (Å²) in [7, 11) is 0. The number of carbonyl (C=O) groups is 1. The van der Waals surface area contributed by atoms with Crippen LogP contribution in [0, 0.1) is 16.0 Å². The number of hydrogen-bond acceptors (Lipinski definition) is 5. The van der Waals surface area contributed by atoms with Crippen molar-refractivity contribution in [2.24, 2.45) is 5.92 Å². The van der Waals surface area contributed by atoms with Crippen LogP contribution in [0.2, 0.25) is 0 Å². The molecule has 112 valence electrons. The fourth-order valence-electron chi connectivity index (χ4n) is 2.43. The Morgan fingerprint density at radius 3 is 2.91 bits per heavy atom. The third-order valence-corrected chi connectivity index (χ3v) is 3.68. The van der Waals surface area contributed by atoms with Gasteiger partial charge >= 0.3 is 5.69 Å². The highest BCUT2D eigenvalue weighted by atomic mass is 16.6. The second-order valence-corrected chi connectivity index (χ2v) is 5.18. The number of phenols is 1. The van der Waals surface area contributed by atoms with Gasteiger partial charge in [-0.15, -0.1) is 0 Å². The van der Waals surface area contributed by atoms with Crippen molar-refractivity contribution in [1.29, 1.82) is 0 Å². The maximum Gasteiger partial charge on any atom is 0.312 e. The predicted octanol–water partition coefficient (Wildman–Crippen LogP) is 2.44. The van der Waals surface area contributed by atoms with Gasteiger partial charge in [-0.1, -0.05) is 6.07 Å². The van der Waals surface area contributed by atoms with E-state index in [2.05, 4.69) is 10.3 Å². The average molecular weight is 299 g/mol. The number of aromatic hydroxyl groups is 1. The standard InChI is InChI=1S/C15H13N3O4/c19-14-4-3-10(6-13(14)18(21)22)17-15(20)12-7-11(12)9-2-1-5-16-8-9/h1-6,8,11-12,19H,7H2,(H,17,20)/t11-,12-/m1/s1. The van der Waals surface area contributed by atoms with Gasteiger partial charge in [0.05, 0.1) is 4.92 Å². The summed E-state index contributed by atoms with van der Waals surface area (Å²) in [5, 5.41) is 22.8. The van der Waals surface area contributed by atoms with E-state index in [1.54, 1.807) is 12.4 Å². The molecular formula is C15H13N3O4. The Morgan fingerprint density at radius 1 is 1.41 bits per heavy atom. The quantitative estimate of drug-likeness (QED) is 0.512. The van der Waals surface area contributed by atoms with Gasteiger partial charge in [0.15, 0.2) is 5.75 Å². The van der Waals surface area contributed by atoms with E-state index in [-0.39, 0.29) is 17.7 Å². The number of anilines is 1. The van der Waals surface area contributed by atoms with Gasteiger partial charge in [-0.2, -0.15) is 0 Å². The minimum Gasteiger partial charge on any atom is -0.502 e. The number of carbonyl (C=O) groups excluding carboxylic acids is 1. The number of rotatable bonds is 4. The van der Waals surface area contributed by atoms with Crippen LogP contribution in [0.15, 0.2) is 42.7 Å². The van der Waals surface area contributed by atoms with E-state index < -0.39 is 16.4 Å². The van der Waals surface area contributed by atoms with Crippen LogP contribution < -0.4 is 5.32 Å². The summed E-state index contributed by atoms with van der Waals surface area (Å²) >= 11 is 0. The van der Waals surface area contributed by atoms with E-state index in [9.17, 15) is 20.0 Å². The van der Waals surface area contributed by atoms with Gasteiger partial charge < -0.3 is 10.4 Å². The average Bonchev–Trinajstić information content (AvgIpc) is 3.30. The van der Waals surface area contributed by atoms with Gasteiger partial charge in [0.2, 0.25) is 5.91 Å². The Balaban J connectivity index is 1.69. The minimum absolute atomic E-state index is 0.140. The molecule has 0 spiro atoms. The highest BCUT2D eigenvalue weighted by molar-refractivity contribution is 5.95. The van der Waals surface area contributed by atoms with Crippen LogP contribution >= 0.6 is 0 Å². The van der Waals surface area contributed by atoms with Gasteiger partial charge in [0, 0.05) is 30.1 Å². The Morgan fingerprint density at radius 2 is 2.23 bits per heavy atom. The van der Waals surface area contributed by atoms with Gasteiger partial charge in [-0.3, -0.25) is 19.9 Å². The molecule has 2 atom stereocenters. The maximum atomic E-state index is 12.2. The Kier molecular flexibility index (Phi) is 3.46. The van der Waals surface area contributed by atoms with Crippen LogP contribution in [0.4, 0.5) is 11.4 Å². The van der Waals surface area contributed by atoms with Crippen LogP contribution in [-0.4, -0.2) is 20.9 Å². The molecule has 1 fully saturated rings. The summed E-state index contributed by atoms with van der Waals surface area (Å²) < 4.78 is 0. The third kappa shape index (κ3) is 2.73. The first-order valence-corrected chi connectivity index (χ1v) is 6.74. The lowest BCUT2D eigenvalue weighted by molar-refractivity contribution is -0.385. The summed E-state index contributed by atoms with van der Waals surface area (Å²) in [4.78, 5) is 26.3. The fraction of sp³-hybridized carbons (Fsp3) is 0.200. The van der Waals surface area contributed by atoms with Crippen LogP contribution in [-0.2, 0) is 4.79 Å². The molecule has 2 N–H and O–H groups in total. The molecule has 0 radical (unpaired) electrons. The summed E-state index contributed by atoms with van der Waals surface area (Å²) in [6, 6.07) is 7.53. The van der Waals surface area contributed by atoms with Gasteiger partial charge in [-0.25, -0.2) is 0 Å².